The Labute approximate surface area is 99.7 Å². The Hall–Kier alpha value is -1.95. The van der Waals surface area contributed by atoms with Crippen LogP contribution >= 0.6 is 0 Å². The van der Waals surface area contributed by atoms with E-state index in [2.05, 4.69) is 19.9 Å². The van der Waals surface area contributed by atoms with Gasteiger partial charge < -0.3 is 20.5 Å². The van der Waals surface area contributed by atoms with Crippen molar-refractivity contribution < 1.29 is 4.79 Å². The molecule has 2 rings (SSSR count). The summed E-state index contributed by atoms with van der Waals surface area (Å²) in [6.45, 7) is 2.59. The van der Waals surface area contributed by atoms with Crippen LogP contribution in [0.15, 0.2) is 18.7 Å². The molecule has 0 aliphatic heterocycles. The van der Waals surface area contributed by atoms with Gasteiger partial charge in [-0.2, -0.15) is 0 Å². The lowest BCUT2D eigenvalue weighted by Gasteiger charge is -1.86. The summed E-state index contributed by atoms with van der Waals surface area (Å²) in [6.07, 6.45) is 7.25. The van der Waals surface area contributed by atoms with Crippen LogP contribution in [-0.4, -0.2) is 32.8 Å². The van der Waals surface area contributed by atoms with E-state index in [0.717, 1.165) is 29.9 Å². The van der Waals surface area contributed by atoms with Crippen LogP contribution in [-0.2, 0) is 17.6 Å². The van der Waals surface area contributed by atoms with Crippen molar-refractivity contribution in [1.29, 1.82) is 0 Å². The Morgan fingerprint density at radius 2 is 2.29 bits per heavy atom. The van der Waals surface area contributed by atoms with Crippen LogP contribution in [0, 0.1) is 6.92 Å². The van der Waals surface area contributed by atoms with E-state index >= 15 is 0 Å². The van der Waals surface area contributed by atoms with Gasteiger partial charge in [-0.1, -0.05) is 0 Å². The van der Waals surface area contributed by atoms with E-state index in [1.807, 2.05) is 6.92 Å². The molecule has 92 valence electrons. The molecular formula is C11H17N5O. The summed E-state index contributed by atoms with van der Waals surface area (Å²) in [5.74, 6) is 0.738. The molecule has 0 unspecified atom stereocenters. The van der Waals surface area contributed by atoms with E-state index in [0.29, 0.717) is 13.0 Å². The minimum atomic E-state index is 0.383. The highest BCUT2D eigenvalue weighted by atomic mass is 16.1. The third-order valence-corrected chi connectivity index (χ3v) is 2.00. The molecule has 0 radical (unpaired) electrons. The zero-order valence-electron chi connectivity index (χ0n) is 9.81. The first-order valence-electron chi connectivity index (χ1n) is 5.37. The van der Waals surface area contributed by atoms with Gasteiger partial charge in [0.05, 0.1) is 12.7 Å². The molecule has 17 heavy (non-hydrogen) atoms. The van der Waals surface area contributed by atoms with Gasteiger partial charge in [0.25, 0.3) is 0 Å². The van der Waals surface area contributed by atoms with Crippen molar-refractivity contribution in [3.63, 3.8) is 0 Å². The quantitative estimate of drug-likeness (QED) is 0.666. The van der Waals surface area contributed by atoms with Crippen LogP contribution in [0.3, 0.4) is 0 Å². The summed E-state index contributed by atoms with van der Waals surface area (Å²) in [7, 11) is 0. The van der Waals surface area contributed by atoms with Gasteiger partial charge in [0.1, 0.15) is 12.1 Å². The maximum Gasteiger partial charge on any atom is 0.127 e. The van der Waals surface area contributed by atoms with Crippen molar-refractivity contribution >= 4 is 6.29 Å². The molecule has 2 aromatic rings. The van der Waals surface area contributed by atoms with Crippen LogP contribution in [0.4, 0.5) is 0 Å². The molecule has 0 aromatic carbocycles. The first-order chi connectivity index (χ1) is 8.26. The monoisotopic (exact) mass is 235 g/mol. The van der Waals surface area contributed by atoms with Gasteiger partial charge in [-0.05, 0) is 13.5 Å². The van der Waals surface area contributed by atoms with Gasteiger partial charge in [0, 0.05) is 30.2 Å². The number of nitrogens with zero attached hydrogens (tertiary/aromatic N) is 2. The Balaban J connectivity index is 0.000000171. The van der Waals surface area contributed by atoms with Gasteiger partial charge in [-0.3, -0.25) is 0 Å². The average molecular weight is 235 g/mol. The smallest absolute Gasteiger partial charge is 0.127 e. The van der Waals surface area contributed by atoms with Gasteiger partial charge in [-0.15, -0.1) is 0 Å². The number of nitrogens with two attached hydrogens (primary N) is 1. The normalized spacial score (nSPS) is 9.53. The molecule has 2 aromatic heterocycles. The second-order valence-electron chi connectivity index (χ2n) is 3.50. The Morgan fingerprint density at radius 3 is 2.76 bits per heavy atom. The van der Waals surface area contributed by atoms with E-state index in [9.17, 15) is 4.79 Å². The molecule has 4 N–H and O–H groups in total. The van der Waals surface area contributed by atoms with Crippen molar-refractivity contribution in [2.75, 3.05) is 6.54 Å². The Kier molecular flexibility index (Phi) is 5.67. The molecule has 2 heterocycles. The standard InChI is InChI=1S/C6H8N2O.C5H9N3/c1-5-4-7-6(8-5)2-3-9;6-2-1-5-3-7-4-8-5/h3-4H,2H2,1H3,(H,7,8);3-4H,1-2,6H2,(H,7,8). The van der Waals surface area contributed by atoms with E-state index in [1.54, 1.807) is 18.7 Å². The Morgan fingerprint density at radius 1 is 1.47 bits per heavy atom. The Bertz CT molecular complexity index is 421. The number of nitrogens with one attached hydrogen (secondary N) is 2. The maximum atomic E-state index is 9.92. The van der Waals surface area contributed by atoms with E-state index in [4.69, 9.17) is 5.73 Å². The lowest BCUT2D eigenvalue weighted by molar-refractivity contribution is -0.107. The molecule has 0 spiro atoms. The fourth-order valence-corrected chi connectivity index (χ4v) is 1.23. The van der Waals surface area contributed by atoms with Crippen LogP contribution in [0.5, 0.6) is 0 Å². The van der Waals surface area contributed by atoms with Crippen molar-refractivity contribution in [1.82, 2.24) is 19.9 Å². The summed E-state index contributed by atoms with van der Waals surface area (Å²) in [6, 6.07) is 0. The fraction of sp³-hybridized carbons (Fsp3) is 0.364. The minimum Gasteiger partial charge on any atom is -0.348 e. The average Bonchev–Trinajstić information content (AvgIpc) is 2.93. The predicted molar refractivity (Wildman–Crippen MR) is 64.4 cm³/mol. The molecule has 0 saturated carbocycles. The van der Waals surface area contributed by atoms with Crippen molar-refractivity contribution in [2.45, 2.75) is 19.8 Å². The summed E-state index contributed by atoms with van der Waals surface area (Å²) < 4.78 is 0. The number of carbonyl (C=O) groups excluding carboxylic acids is 1. The predicted octanol–water partition coefficient (Wildman–Crippen LogP) is 0.370. The van der Waals surface area contributed by atoms with Crippen molar-refractivity contribution in [2.24, 2.45) is 5.73 Å². The summed E-state index contributed by atoms with van der Waals surface area (Å²) in [4.78, 5) is 23.6. The lowest BCUT2D eigenvalue weighted by Crippen LogP contribution is -2.02. The molecule has 6 heteroatoms. The van der Waals surface area contributed by atoms with Gasteiger partial charge in [-0.25, -0.2) is 9.97 Å². The first kappa shape index (κ1) is 13.1. The zero-order chi connectivity index (χ0) is 12.5. The highest BCUT2D eigenvalue weighted by Crippen LogP contribution is 1.92. The largest absolute Gasteiger partial charge is 0.348 e. The lowest BCUT2D eigenvalue weighted by atomic mass is 10.3. The molecule has 0 atom stereocenters. The molecule has 0 fully saturated rings. The maximum absolute atomic E-state index is 9.92. The third-order valence-electron chi connectivity index (χ3n) is 2.00. The third kappa shape index (κ3) is 5.07. The number of H-pyrrole nitrogens is 2. The van der Waals surface area contributed by atoms with E-state index in [-0.39, 0.29) is 0 Å². The molecule has 0 aliphatic rings. The van der Waals surface area contributed by atoms with E-state index < -0.39 is 0 Å². The number of carbonyl (C=O) groups is 1. The van der Waals surface area contributed by atoms with Gasteiger partial charge in [0.15, 0.2) is 0 Å². The number of aromatic amines is 2. The van der Waals surface area contributed by atoms with Crippen LogP contribution in [0.1, 0.15) is 17.2 Å². The number of hydrogen-bond acceptors (Lipinski definition) is 4. The van der Waals surface area contributed by atoms with Crippen LogP contribution in [0.2, 0.25) is 0 Å². The van der Waals surface area contributed by atoms with Crippen LogP contribution in [0.25, 0.3) is 0 Å². The SMILES string of the molecule is Cc1cnc(CC=O)[nH]1.NCCc1cnc[nH]1. The number of aldehydes is 1. The van der Waals surface area contributed by atoms with Gasteiger partial charge in [0.2, 0.25) is 0 Å². The summed E-state index contributed by atoms with van der Waals surface area (Å²) in [5.41, 5.74) is 7.37. The van der Waals surface area contributed by atoms with Crippen molar-refractivity contribution in [3.05, 3.63) is 35.9 Å². The topological polar surface area (TPSA) is 100 Å². The number of rotatable bonds is 4. The molecule has 0 aliphatic carbocycles. The second kappa shape index (κ2) is 7.34. The molecule has 0 saturated heterocycles. The number of hydrogen-bond donors (Lipinski definition) is 3. The zero-order valence-corrected chi connectivity index (χ0v) is 9.81. The molecule has 6 nitrogen and oxygen atoms in total. The summed E-state index contributed by atoms with van der Waals surface area (Å²) >= 11 is 0. The molecule has 0 bridgehead atoms. The number of imidazole rings is 2. The summed E-state index contributed by atoms with van der Waals surface area (Å²) in [5, 5.41) is 0. The number of aromatic nitrogens is 4. The van der Waals surface area contributed by atoms with Crippen LogP contribution < -0.4 is 5.73 Å². The second-order valence-corrected chi connectivity index (χ2v) is 3.50. The molecular weight excluding hydrogens is 218 g/mol. The van der Waals surface area contributed by atoms with Crippen molar-refractivity contribution in [3.8, 4) is 0 Å². The fourth-order valence-electron chi connectivity index (χ4n) is 1.23. The highest BCUT2D eigenvalue weighted by Gasteiger charge is 1.92. The van der Waals surface area contributed by atoms with E-state index in [1.165, 1.54) is 0 Å². The molecule has 0 amide bonds. The highest BCUT2D eigenvalue weighted by molar-refractivity contribution is 5.52. The number of aryl methyl sites for hydroxylation is 1. The first-order valence-corrected chi connectivity index (χ1v) is 5.37. The minimum absolute atomic E-state index is 0.383. The van der Waals surface area contributed by atoms with Gasteiger partial charge >= 0.3 is 0 Å².